The molecular formula is C23H30N4O4. The third kappa shape index (κ3) is 6.30. The quantitative estimate of drug-likeness (QED) is 0.719. The molecule has 2 aromatic heterocycles. The van der Waals surface area contributed by atoms with E-state index in [1.165, 1.54) is 0 Å². The van der Waals surface area contributed by atoms with E-state index in [0.29, 0.717) is 26.1 Å². The second-order valence-electron chi connectivity index (χ2n) is 8.25. The number of aliphatic hydroxyl groups is 1. The maximum atomic E-state index is 12.4. The maximum absolute atomic E-state index is 12.4. The van der Waals surface area contributed by atoms with Crippen molar-refractivity contribution in [2.24, 2.45) is 0 Å². The number of fused-ring (bicyclic) bond motifs is 1. The Morgan fingerprint density at radius 3 is 2.52 bits per heavy atom. The zero-order chi connectivity index (χ0) is 21.5. The standard InChI is InChI=1S/C23H30N4O4/c28-19-14-27(13-18-5-9-25-10-6-18)21-2-1-20(31-22(21)16-30-15-19)11-23(29)26-12-17-3-7-24-8-4-17/h3-10,19-22,28H,1-2,11-16H2,(H,26,29)/t19-,20-,21-,22+/m0/s1. The number of β-amino-alcohol motifs (C(OH)–C–C–N with tert-alkyl or cyclic N) is 1. The van der Waals surface area contributed by atoms with Gasteiger partial charge in [0.2, 0.25) is 5.91 Å². The summed E-state index contributed by atoms with van der Waals surface area (Å²) in [6, 6.07) is 7.91. The first-order chi connectivity index (χ1) is 15.2. The second kappa shape index (κ2) is 10.8. The largest absolute Gasteiger partial charge is 0.389 e. The van der Waals surface area contributed by atoms with Crippen molar-refractivity contribution >= 4 is 5.91 Å². The first kappa shape index (κ1) is 21.8. The molecule has 0 unspecified atom stereocenters. The third-order valence-electron chi connectivity index (χ3n) is 5.87. The van der Waals surface area contributed by atoms with E-state index in [4.69, 9.17) is 9.47 Å². The van der Waals surface area contributed by atoms with Crippen molar-refractivity contribution in [2.75, 3.05) is 19.8 Å². The fourth-order valence-corrected chi connectivity index (χ4v) is 4.33. The van der Waals surface area contributed by atoms with Gasteiger partial charge >= 0.3 is 0 Å². The Bertz CT molecular complexity index is 823. The molecule has 0 aliphatic carbocycles. The van der Waals surface area contributed by atoms with Gasteiger partial charge in [0.15, 0.2) is 0 Å². The number of hydrogen-bond acceptors (Lipinski definition) is 7. The van der Waals surface area contributed by atoms with Crippen molar-refractivity contribution in [3.8, 4) is 0 Å². The van der Waals surface area contributed by atoms with Crippen molar-refractivity contribution in [1.29, 1.82) is 0 Å². The van der Waals surface area contributed by atoms with E-state index in [2.05, 4.69) is 20.2 Å². The minimum absolute atomic E-state index is 0.0175. The molecule has 2 saturated heterocycles. The number of rotatable bonds is 6. The van der Waals surface area contributed by atoms with E-state index in [-0.39, 0.29) is 30.8 Å². The van der Waals surface area contributed by atoms with Gasteiger partial charge in [0.25, 0.3) is 0 Å². The van der Waals surface area contributed by atoms with Crippen LogP contribution in [0.4, 0.5) is 0 Å². The Morgan fingerprint density at radius 2 is 1.77 bits per heavy atom. The zero-order valence-electron chi connectivity index (χ0n) is 17.6. The van der Waals surface area contributed by atoms with Crippen LogP contribution in [0.15, 0.2) is 49.1 Å². The molecule has 4 atom stereocenters. The molecule has 0 bridgehead atoms. The molecule has 2 aliphatic heterocycles. The zero-order valence-corrected chi connectivity index (χ0v) is 17.6. The van der Waals surface area contributed by atoms with Crippen LogP contribution in [0.2, 0.25) is 0 Å². The van der Waals surface area contributed by atoms with Crippen molar-refractivity contribution in [3.63, 3.8) is 0 Å². The average Bonchev–Trinajstić information content (AvgIpc) is 2.78. The predicted molar refractivity (Wildman–Crippen MR) is 114 cm³/mol. The van der Waals surface area contributed by atoms with Gasteiger partial charge in [-0.05, 0) is 48.2 Å². The summed E-state index contributed by atoms with van der Waals surface area (Å²) in [5.41, 5.74) is 2.17. The topological polar surface area (TPSA) is 96.8 Å². The number of amides is 1. The van der Waals surface area contributed by atoms with Gasteiger partial charge in [-0.3, -0.25) is 19.7 Å². The highest BCUT2D eigenvalue weighted by Crippen LogP contribution is 2.28. The van der Waals surface area contributed by atoms with Crippen LogP contribution in [0, 0.1) is 0 Å². The number of ether oxygens (including phenoxy) is 2. The fraction of sp³-hybridized carbons (Fsp3) is 0.522. The fourth-order valence-electron chi connectivity index (χ4n) is 4.33. The van der Waals surface area contributed by atoms with Gasteiger partial charge in [-0.15, -0.1) is 0 Å². The SMILES string of the molecule is O=C(C[C@@H]1CC[C@H]2[C@@H](COC[C@@H](O)CN2Cc2ccncc2)O1)NCc1ccncc1. The molecule has 4 rings (SSSR count). The van der Waals surface area contributed by atoms with Gasteiger partial charge in [-0.2, -0.15) is 0 Å². The Morgan fingerprint density at radius 1 is 1.06 bits per heavy atom. The van der Waals surface area contributed by atoms with Gasteiger partial charge in [0.05, 0.1) is 37.9 Å². The molecule has 8 nitrogen and oxygen atoms in total. The lowest BCUT2D eigenvalue weighted by molar-refractivity contribution is -0.158. The van der Waals surface area contributed by atoms with Crippen LogP contribution in [-0.2, 0) is 27.4 Å². The molecule has 0 radical (unpaired) electrons. The van der Waals surface area contributed by atoms with Crippen LogP contribution >= 0.6 is 0 Å². The number of carbonyl (C=O) groups excluding carboxylic acids is 1. The molecular weight excluding hydrogens is 396 g/mol. The number of carbonyl (C=O) groups is 1. The van der Waals surface area contributed by atoms with Gasteiger partial charge in [0, 0.05) is 50.5 Å². The minimum atomic E-state index is -0.528. The highest BCUT2D eigenvalue weighted by atomic mass is 16.5. The summed E-state index contributed by atoms with van der Waals surface area (Å²) in [5, 5.41) is 13.3. The number of nitrogens with one attached hydrogen (secondary N) is 1. The summed E-state index contributed by atoms with van der Waals surface area (Å²) >= 11 is 0. The van der Waals surface area contributed by atoms with Crippen molar-refractivity contribution in [3.05, 3.63) is 60.2 Å². The molecule has 0 spiro atoms. The highest BCUT2D eigenvalue weighted by Gasteiger charge is 2.38. The van der Waals surface area contributed by atoms with Crippen LogP contribution in [0.5, 0.6) is 0 Å². The average molecular weight is 427 g/mol. The van der Waals surface area contributed by atoms with E-state index in [9.17, 15) is 9.90 Å². The number of nitrogens with zero attached hydrogens (tertiary/aromatic N) is 3. The number of aliphatic hydroxyl groups excluding tert-OH is 1. The van der Waals surface area contributed by atoms with E-state index < -0.39 is 6.10 Å². The predicted octanol–water partition coefficient (Wildman–Crippen LogP) is 1.29. The number of hydrogen-bond donors (Lipinski definition) is 2. The molecule has 8 heteroatoms. The first-order valence-corrected chi connectivity index (χ1v) is 10.9. The van der Waals surface area contributed by atoms with Crippen molar-refractivity contribution < 1.29 is 19.4 Å². The summed E-state index contributed by atoms with van der Waals surface area (Å²) in [4.78, 5) is 22.8. The third-order valence-corrected chi connectivity index (χ3v) is 5.87. The minimum Gasteiger partial charge on any atom is -0.389 e. The van der Waals surface area contributed by atoms with Crippen LogP contribution in [0.1, 0.15) is 30.4 Å². The lowest BCUT2D eigenvalue weighted by Crippen LogP contribution is -2.55. The molecule has 31 heavy (non-hydrogen) atoms. The molecule has 2 fully saturated rings. The lowest BCUT2D eigenvalue weighted by Gasteiger charge is -2.44. The first-order valence-electron chi connectivity index (χ1n) is 10.9. The van der Waals surface area contributed by atoms with Gasteiger partial charge in [-0.1, -0.05) is 0 Å². The summed E-state index contributed by atoms with van der Waals surface area (Å²) in [6.45, 7) is 2.45. The molecule has 0 saturated carbocycles. The monoisotopic (exact) mass is 426 g/mol. The highest BCUT2D eigenvalue weighted by molar-refractivity contribution is 5.76. The van der Waals surface area contributed by atoms with Gasteiger partial charge in [-0.25, -0.2) is 0 Å². The van der Waals surface area contributed by atoms with Crippen LogP contribution in [0.3, 0.4) is 0 Å². The molecule has 166 valence electrons. The smallest absolute Gasteiger partial charge is 0.222 e. The van der Waals surface area contributed by atoms with E-state index in [0.717, 1.165) is 30.5 Å². The Balaban J connectivity index is 1.34. The maximum Gasteiger partial charge on any atom is 0.222 e. The molecule has 2 aromatic rings. The van der Waals surface area contributed by atoms with E-state index >= 15 is 0 Å². The molecule has 2 aliphatic rings. The molecule has 0 aromatic carbocycles. The Kier molecular flexibility index (Phi) is 7.58. The van der Waals surface area contributed by atoms with Crippen molar-refractivity contribution in [2.45, 2.75) is 56.7 Å². The summed E-state index contributed by atoms with van der Waals surface area (Å²) < 4.78 is 12.0. The molecule has 2 N–H and O–H groups in total. The van der Waals surface area contributed by atoms with E-state index in [1.807, 2.05) is 24.3 Å². The summed E-state index contributed by atoms with van der Waals surface area (Å²) in [5.74, 6) is -0.0175. The summed E-state index contributed by atoms with van der Waals surface area (Å²) in [6.07, 6.45) is 8.25. The van der Waals surface area contributed by atoms with Crippen LogP contribution in [0.25, 0.3) is 0 Å². The molecule has 4 heterocycles. The second-order valence-corrected chi connectivity index (χ2v) is 8.25. The van der Waals surface area contributed by atoms with Crippen LogP contribution < -0.4 is 5.32 Å². The van der Waals surface area contributed by atoms with E-state index in [1.54, 1.807) is 24.8 Å². The van der Waals surface area contributed by atoms with Gasteiger partial charge in [0.1, 0.15) is 0 Å². The normalized spacial score (nSPS) is 27.0. The van der Waals surface area contributed by atoms with Crippen molar-refractivity contribution in [1.82, 2.24) is 20.2 Å². The Hall–Kier alpha value is -2.39. The Labute approximate surface area is 182 Å². The number of aromatic nitrogens is 2. The number of pyridine rings is 2. The van der Waals surface area contributed by atoms with Crippen LogP contribution in [-0.4, -0.2) is 70.0 Å². The molecule has 1 amide bonds. The summed E-state index contributed by atoms with van der Waals surface area (Å²) in [7, 11) is 0. The lowest BCUT2D eigenvalue weighted by atomic mass is 9.94. The van der Waals surface area contributed by atoms with Gasteiger partial charge < -0.3 is 19.9 Å².